The Morgan fingerprint density at radius 3 is 1.04 bits per heavy atom. The lowest BCUT2D eigenvalue weighted by Crippen LogP contribution is -2.30. The minimum atomic E-state index is -3.32. The van der Waals surface area contributed by atoms with Crippen molar-refractivity contribution in [2.75, 3.05) is 72.2 Å². The van der Waals surface area contributed by atoms with Crippen LogP contribution in [0.3, 0.4) is 0 Å². The molecular formula is C74H148N2O16P4S. The molecule has 6 N–H and O–H groups in total. The third-order valence-corrected chi connectivity index (χ3v) is 24.6. The van der Waals surface area contributed by atoms with Gasteiger partial charge in [0.05, 0.1) is 50.5 Å². The Labute approximate surface area is 598 Å². The maximum Gasteiger partial charge on any atom is 0.248 e. The molecule has 0 aliphatic carbocycles. The van der Waals surface area contributed by atoms with Crippen LogP contribution in [0.2, 0.25) is 0 Å². The van der Waals surface area contributed by atoms with Crippen LogP contribution in [0.4, 0.5) is 0 Å². The van der Waals surface area contributed by atoms with Crippen molar-refractivity contribution in [2.45, 2.75) is 365 Å². The first-order valence-electron chi connectivity index (χ1n) is 39.3. The van der Waals surface area contributed by atoms with Crippen LogP contribution >= 0.6 is 42.0 Å². The molecular weight excluding hydrogens is 1330 g/mol. The second-order valence-electron chi connectivity index (χ2n) is 27.6. The number of imide groups is 1. The van der Waals surface area contributed by atoms with Crippen LogP contribution in [0.5, 0.6) is 0 Å². The zero-order chi connectivity index (χ0) is 70.8. The highest BCUT2D eigenvalue weighted by Crippen LogP contribution is 2.49. The first kappa shape index (κ1) is 93.2. The molecule has 0 aromatic carbocycles. The van der Waals surface area contributed by atoms with E-state index in [1.807, 2.05) is 6.92 Å². The molecule has 0 bridgehead atoms. The fraction of sp³-hybridized carbons (Fsp3) is 0.919. The summed E-state index contributed by atoms with van der Waals surface area (Å²) >= 11 is 1.57. The van der Waals surface area contributed by atoms with Gasteiger partial charge in [-0.1, -0.05) is 277 Å². The molecule has 3 fully saturated rings. The number of unbranched alkanes of at least 4 members (excludes halogenated alkanes) is 44. The number of hydrogen-bond donors (Lipinski definition) is 5. The van der Waals surface area contributed by atoms with Crippen molar-refractivity contribution in [1.82, 2.24) is 4.90 Å². The molecule has 9 atom stereocenters. The second-order valence-corrected chi connectivity index (χ2v) is 36.1. The average molecular weight is 1480 g/mol. The predicted molar refractivity (Wildman–Crippen MR) is 415 cm³/mol. The highest BCUT2D eigenvalue weighted by Gasteiger charge is 2.38. The Morgan fingerprint density at radius 1 is 0.433 bits per heavy atom. The van der Waals surface area contributed by atoms with Crippen LogP contribution < -0.4 is 5.73 Å². The first-order chi connectivity index (χ1) is 46.9. The summed E-state index contributed by atoms with van der Waals surface area (Å²) < 4.78 is 55.2. The molecule has 23 heteroatoms. The molecule has 3 aliphatic rings. The first-order valence-corrected chi connectivity index (χ1v) is 47.4. The average Bonchev–Trinajstić information content (AvgIpc) is 1.74. The number of rotatable bonds is 69. The molecule has 97 heavy (non-hydrogen) atoms. The Balaban J connectivity index is 0.00000111. The van der Waals surface area contributed by atoms with Crippen molar-refractivity contribution >= 4 is 79.0 Å². The van der Waals surface area contributed by atoms with E-state index >= 15 is 0 Å². The predicted octanol–water partition coefficient (Wildman–Crippen LogP) is 20.0. The van der Waals surface area contributed by atoms with Crippen LogP contribution in [0, 0.1) is 0 Å². The van der Waals surface area contributed by atoms with Gasteiger partial charge in [0, 0.05) is 46.1 Å². The van der Waals surface area contributed by atoms with Gasteiger partial charge >= 0.3 is 0 Å². The third kappa shape index (κ3) is 52.7. The Hall–Kier alpha value is 0.0900. The van der Waals surface area contributed by atoms with Crippen LogP contribution in [0.1, 0.15) is 335 Å². The van der Waals surface area contributed by atoms with Crippen LogP contribution in [-0.4, -0.2) is 163 Å². The number of amides is 2. The molecule has 3 heterocycles. The Morgan fingerprint density at radius 2 is 0.732 bits per heavy atom. The smallest absolute Gasteiger partial charge is 0.248 e. The van der Waals surface area contributed by atoms with Crippen LogP contribution in [0.15, 0.2) is 0 Å². The zero-order valence-electron chi connectivity index (χ0n) is 62.1. The van der Waals surface area contributed by atoms with E-state index in [0.717, 1.165) is 70.0 Å². The number of ether oxygens (including phenoxy) is 2. The summed E-state index contributed by atoms with van der Waals surface area (Å²) in [6.45, 7) is 7.42. The monoisotopic (exact) mass is 1480 g/mol. The van der Waals surface area contributed by atoms with Crippen molar-refractivity contribution in [2.24, 2.45) is 5.73 Å². The Kier molecular flexibility index (Phi) is 58.8. The molecule has 3 rings (SSSR count). The highest BCUT2D eigenvalue weighted by atomic mass is 32.2. The molecule has 3 saturated heterocycles. The van der Waals surface area contributed by atoms with Gasteiger partial charge in [-0.3, -0.25) is 14.5 Å². The van der Waals surface area contributed by atoms with Gasteiger partial charge in [0.15, 0.2) is 0 Å². The summed E-state index contributed by atoms with van der Waals surface area (Å²) in [6, 6.07) is 0. The number of likely N-dealkylation sites (tertiary alicyclic amines) is 1. The van der Waals surface area contributed by atoms with Crippen LogP contribution in [-0.2, 0) is 55.3 Å². The summed E-state index contributed by atoms with van der Waals surface area (Å²) in [5, 5.41) is -0.244. The fourth-order valence-electron chi connectivity index (χ4n) is 12.6. The van der Waals surface area contributed by atoms with E-state index in [1.165, 1.54) is 250 Å². The van der Waals surface area contributed by atoms with Crippen molar-refractivity contribution in [1.29, 1.82) is 0 Å². The van der Waals surface area contributed by atoms with Gasteiger partial charge in [0.2, 0.25) is 42.1 Å². The maximum atomic E-state index is 12.3. The number of nitrogens with two attached hydrogens (primary N) is 1. The van der Waals surface area contributed by atoms with E-state index in [0.29, 0.717) is 65.4 Å². The maximum absolute atomic E-state index is 12.3. The molecule has 0 saturated carbocycles. The molecule has 0 aromatic rings. The third-order valence-electron chi connectivity index (χ3n) is 18.7. The summed E-state index contributed by atoms with van der Waals surface area (Å²) in [6.07, 6.45) is 76.5. The topological polar surface area (TPSA) is 237 Å². The van der Waals surface area contributed by atoms with E-state index in [4.69, 9.17) is 51.4 Å². The molecule has 3 aliphatic heterocycles. The lowest BCUT2D eigenvalue weighted by molar-refractivity contribution is -0.137. The van der Waals surface area contributed by atoms with Gasteiger partial charge in [0.25, 0.3) is 0 Å². The number of thioether (sulfide) groups is 1. The van der Waals surface area contributed by atoms with Crippen molar-refractivity contribution in [3.63, 3.8) is 0 Å². The van der Waals surface area contributed by atoms with E-state index in [2.05, 4.69) is 32.1 Å². The quantitative estimate of drug-likeness (QED) is 0.0216. The van der Waals surface area contributed by atoms with Gasteiger partial charge in [-0.2, -0.15) is 0 Å². The van der Waals surface area contributed by atoms with Gasteiger partial charge in [-0.05, 0) is 76.5 Å². The number of carbonyl (C=O) groups excluding carboxylic acids is 2. The highest BCUT2D eigenvalue weighted by molar-refractivity contribution is 8.00. The summed E-state index contributed by atoms with van der Waals surface area (Å²) in [4.78, 5) is 66.9. The molecule has 9 unspecified atom stereocenters. The molecule has 0 aromatic heterocycles. The molecule has 576 valence electrons. The zero-order valence-corrected chi connectivity index (χ0v) is 66.4. The molecule has 2 amide bonds. The normalized spacial score (nSPS) is 20.7. The van der Waals surface area contributed by atoms with Crippen molar-refractivity contribution in [3.8, 4) is 0 Å². The van der Waals surface area contributed by atoms with E-state index in [9.17, 15) is 29.2 Å². The van der Waals surface area contributed by atoms with Gasteiger partial charge < -0.3 is 71.0 Å². The number of carbonyl (C=O) groups is 2. The second kappa shape index (κ2) is 61.3. The summed E-state index contributed by atoms with van der Waals surface area (Å²) in [5.41, 5.74) is 5.43. The fourth-order valence-corrected chi connectivity index (χ4v) is 17.4. The summed E-state index contributed by atoms with van der Waals surface area (Å²) in [7, 11) is -11.5. The van der Waals surface area contributed by atoms with Gasteiger partial charge in [0.1, 0.15) is 12.2 Å². The number of nitrogens with zero attached hydrogens (tertiary/aromatic N) is 1. The number of hydrogen-bond acceptors (Lipinski definition) is 18. The van der Waals surface area contributed by atoms with Crippen molar-refractivity contribution < 1.29 is 74.8 Å². The largest absolute Gasteiger partial charge is 0.373 e. The Bertz CT molecular complexity index is 2090. The minimum absolute atomic E-state index is 0.0489. The van der Waals surface area contributed by atoms with Gasteiger partial charge in [-0.15, -0.1) is 11.8 Å². The lowest BCUT2D eigenvalue weighted by atomic mass is 10.0. The molecule has 18 nitrogen and oxygen atoms in total. The van der Waals surface area contributed by atoms with E-state index < -0.39 is 54.7 Å². The van der Waals surface area contributed by atoms with E-state index in [1.54, 1.807) is 11.8 Å². The minimum Gasteiger partial charge on any atom is -0.373 e. The van der Waals surface area contributed by atoms with Crippen LogP contribution in [0.25, 0.3) is 0 Å². The molecule has 0 spiro atoms. The molecule has 0 radical (unpaired) electrons. The SMILES string of the molecule is C=P(O)(OCCCCCCCCCCCCCCCCCCCCCCCCCCCCCCCCCCCCCCCCC)OCC1OCCC1OP(=C)(O)OCCCCCCSC1CC(=O)N(CC)C1=O.C=P(O)(OCCCCCCN)OCC1OCCC1OP(=C)(O)OC. The standard InChI is InChI=1S/C60H117NO9P2S.C14H31NO7P2/c1-5-7-8-9-10-11-12-13-14-15-16-17-18-19-20-21-22-23-24-25-26-27-28-29-30-31-32-33-34-35-36-37-38-39-40-41-42-43-46-50-67-71(3,64)69-55-57-56(49-52-66-57)70-72(4,65)68-51-47-44-45-48-53-73-58-54-59(62)61(6-2)60(58)63;1-18-23(2,16)22-13-8-11-19-14(13)12-21-24(3,17)20-10-7-5-4-6-9-15/h56-58,64-65H,3-55H2,1-2H3;13-14,16-17H,2-12,15H2,1H3. The summed E-state index contributed by atoms with van der Waals surface area (Å²) in [5.74, 6) is 0.702. The van der Waals surface area contributed by atoms with Gasteiger partial charge in [-0.25, -0.2) is 0 Å². The van der Waals surface area contributed by atoms with Crippen molar-refractivity contribution in [3.05, 3.63) is 0 Å². The van der Waals surface area contributed by atoms with E-state index in [-0.39, 0.29) is 30.3 Å². The lowest BCUT2D eigenvalue weighted by Gasteiger charge is -2.26.